The first-order valence-corrected chi connectivity index (χ1v) is 9.74. The molecule has 2 bridgehead atoms. The second kappa shape index (κ2) is 6.75. The second-order valence-electron chi connectivity index (χ2n) is 7.97. The lowest BCUT2D eigenvalue weighted by Crippen LogP contribution is -2.49. The fraction of sp³-hybridized carbons (Fsp3) is 0.333. The zero-order chi connectivity index (χ0) is 20.1. The highest BCUT2D eigenvalue weighted by Gasteiger charge is 2.36. The molecule has 2 N–H and O–H groups in total. The number of likely N-dealkylation sites (tertiary alicyclic amines) is 1. The summed E-state index contributed by atoms with van der Waals surface area (Å²) in [5.74, 6) is 0.285. The van der Waals surface area contributed by atoms with Gasteiger partial charge in [0, 0.05) is 48.3 Å². The highest BCUT2D eigenvalue weighted by molar-refractivity contribution is 5.89. The number of hydrogen-bond acceptors (Lipinski definition) is 5. The number of carbonyl (C=O) groups excluding carboxylic acids is 1. The monoisotopic (exact) mass is 393 g/mol. The number of para-hydroxylation sites is 1. The van der Waals surface area contributed by atoms with Crippen LogP contribution < -0.4 is 10.8 Å². The Morgan fingerprint density at radius 1 is 1.21 bits per heavy atom. The number of pyridine rings is 1. The minimum atomic E-state index is -0.478. The number of carbonyl (C=O) groups is 1. The van der Waals surface area contributed by atoms with Crippen LogP contribution in [0, 0.1) is 11.1 Å². The van der Waals surface area contributed by atoms with Crippen molar-refractivity contribution in [2.24, 2.45) is 5.92 Å². The van der Waals surface area contributed by atoms with Gasteiger partial charge in [0.2, 0.25) is 5.91 Å². The Balaban J connectivity index is 1.38. The molecule has 2 unspecified atom stereocenters. The third-order valence-electron chi connectivity index (χ3n) is 6.16. The Morgan fingerprint density at radius 3 is 2.86 bits per heavy atom. The van der Waals surface area contributed by atoms with E-state index in [2.05, 4.69) is 4.98 Å². The lowest BCUT2D eigenvalue weighted by Gasteiger charge is -2.43. The molecule has 4 heterocycles. The summed E-state index contributed by atoms with van der Waals surface area (Å²) >= 11 is 0. The molecule has 5 rings (SSSR count). The predicted octanol–water partition coefficient (Wildman–Crippen LogP) is 2.21. The van der Waals surface area contributed by atoms with Gasteiger partial charge in [0.05, 0.1) is 6.42 Å². The van der Waals surface area contributed by atoms with Gasteiger partial charge in [-0.2, -0.15) is 0 Å². The number of hydrogen-bond donors (Lipinski definition) is 2. The normalized spacial score (nSPS) is 20.6. The topological polar surface area (TPSA) is 105 Å². The quantitative estimate of drug-likeness (QED) is 0.664. The standard InChI is InChI=1S/C21H21N4O4/c26-20(8-14-9-22-17-4-2-1-3-16(14)17)23-10-13-7-15(12-23)18-5-6-19(25(28)29)21(27)24(18)11-13/h1-6,9,13,15,22,28H,7-8,10-12H2/q-1. The number of H-pyrrole nitrogens is 1. The molecule has 0 saturated carbocycles. The van der Waals surface area contributed by atoms with Gasteiger partial charge in [0.25, 0.3) is 5.56 Å². The number of benzene rings is 1. The maximum Gasteiger partial charge on any atom is 0.275 e. The van der Waals surface area contributed by atoms with E-state index in [1.165, 1.54) is 6.07 Å². The van der Waals surface area contributed by atoms with Crippen molar-refractivity contribution in [2.45, 2.75) is 25.3 Å². The van der Waals surface area contributed by atoms with E-state index in [1.54, 1.807) is 10.6 Å². The maximum atomic E-state index is 13.0. The lowest BCUT2D eigenvalue weighted by molar-refractivity contribution is -0.133. The van der Waals surface area contributed by atoms with E-state index in [1.807, 2.05) is 35.4 Å². The van der Waals surface area contributed by atoms with E-state index in [4.69, 9.17) is 5.21 Å². The van der Waals surface area contributed by atoms with Crippen LogP contribution in [-0.4, -0.2) is 38.7 Å². The van der Waals surface area contributed by atoms with Crippen molar-refractivity contribution in [1.29, 1.82) is 0 Å². The van der Waals surface area contributed by atoms with Crippen LogP contribution in [0.15, 0.2) is 47.4 Å². The average molecular weight is 393 g/mol. The zero-order valence-corrected chi connectivity index (χ0v) is 15.7. The maximum absolute atomic E-state index is 13.0. The number of aromatic nitrogens is 2. The van der Waals surface area contributed by atoms with Crippen LogP contribution in [0.1, 0.15) is 23.6 Å². The fourth-order valence-electron chi connectivity index (χ4n) is 4.84. The van der Waals surface area contributed by atoms with Crippen molar-refractivity contribution in [3.63, 3.8) is 0 Å². The molecular weight excluding hydrogens is 372 g/mol. The molecule has 1 aromatic carbocycles. The van der Waals surface area contributed by atoms with Gasteiger partial charge in [0.1, 0.15) is 5.69 Å². The van der Waals surface area contributed by atoms with Gasteiger partial charge in [-0.3, -0.25) is 14.8 Å². The van der Waals surface area contributed by atoms with Gasteiger partial charge in [-0.25, -0.2) is 0 Å². The van der Waals surface area contributed by atoms with E-state index in [0.29, 0.717) is 26.1 Å². The molecule has 2 aliphatic rings. The Labute approximate surface area is 166 Å². The van der Waals surface area contributed by atoms with E-state index >= 15 is 0 Å². The van der Waals surface area contributed by atoms with Gasteiger partial charge in [0.15, 0.2) is 0 Å². The van der Waals surface area contributed by atoms with Gasteiger partial charge >= 0.3 is 0 Å². The number of amides is 1. The first-order valence-electron chi connectivity index (χ1n) is 9.74. The molecule has 0 spiro atoms. The number of nitrogens with zero attached hydrogens (tertiary/aromatic N) is 3. The summed E-state index contributed by atoms with van der Waals surface area (Å²) in [6.07, 6.45) is 3.15. The molecule has 0 aliphatic carbocycles. The summed E-state index contributed by atoms with van der Waals surface area (Å²) in [4.78, 5) is 30.6. The van der Waals surface area contributed by atoms with Crippen molar-refractivity contribution >= 4 is 22.5 Å². The number of fused-ring (bicyclic) bond motifs is 5. The van der Waals surface area contributed by atoms with E-state index in [-0.39, 0.29) is 28.7 Å². The van der Waals surface area contributed by atoms with E-state index in [0.717, 1.165) is 28.6 Å². The number of rotatable bonds is 3. The van der Waals surface area contributed by atoms with Crippen LogP contribution in [0.25, 0.3) is 10.9 Å². The molecule has 29 heavy (non-hydrogen) atoms. The average Bonchev–Trinajstić information content (AvgIpc) is 3.11. The molecule has 150 valence electrons. The molecule has 8 nitrogen and oxygen atoms in total. The molecular formula is C21H21N4O4-. The predicted molar refractivity (Wildman–Crippen MR) is 108 cm³/mol. The van der Waals surface area contributed by atoms with Crippen LogP contribution in [0.2, 0.25) is 0 Å². The lowest BCUT2D eigenvalue weighted by atomic mass is 9.83. The molecule has 8 heteroatoms. The summed E-state index contributed by atoms with van der Waals surface area (Å²) in [5, 5.41) is 21.0. The Morgan fingerprint density at radius 2 is 2.03 bits per heavy atom. The Bertz CT molecular complexity index is 1150. The van der Waals surface area contributed by atoms with Crippen LogP contribution in [-0.2, 0) is 17.8 Å². The molecule has 2 atom stereocenters. The van der Waals surface area contributed by atoms with Crippen LogP contribution in [0.4, 0.5) is 5.69 Å². The van der Waals surface area contributed by atoms with Crippen molar-refractivity contribution in [2.75, 3.05) is 18.3 Å². The minimum Gasteiger partial charge on any atom is -0.733 e. The minimum absolute atomic E-state index is 0.0509. The largest absolute Gasteiger partial charge is 0.733 e. The highest BCUT2D eigenvalue weighted by Crippen LogP contribution is 2.36. The molecule has 3 aromatic rings. The van der Waals surface area contributed by atoms with Crippen LogP contribution in [0.5, 0.6) is 0 Å². The number of piperidine rings is 1. The fourth-order valence-corrected chi connectivity index (χ4v) is 4.84. The summed E-state index contributed by atoms with van der Waals surface area (Å²) in [6.45, 7) is 1.59. The van der Waals surface area contributed by atoms with Crippen molar-refractivity contribution in [1.82, 2.24) is 14.5 Å². The number of nitrogens with one attached hydrogen (secondary N) is 1. The molecule has 2 aliphatic heterocycles. The smallest absolute Gasteiger partial charge is 0.275 e. The summed E-state index contributed by atoms with van der Waals surface area (Å²) in [7, 11) is 0. The number of aromatic amines is 1. The SMILES string of the molecule is O=C(Cc1c[nH]c2ccccc12)N1CC2CC(C1)c1ccc(N([O-])O)c(=O)n1C2. The first-order chi connectivity index (χ1) is 14.0. The third-order valence-corrected chi connectivity index (χ3v) is 6.16. The van der Waals surface area contributed by atoms with E-state index in [9.17, 15) is 14.8 Å². The zero-order valence-electron chi connectivity index (χ0n) is 15.7. The van der Waals surface area contributed by atoms with Crippen molar-refractivity contribution in [3.8, 4) is 0 Å². The van der Waals surface area contributed by atoms with Gasteiger partial charge in [-0.05, 0) is 36.1 Å². The molecule has 1 fully saturated rings. The van der Waals surface area contributed by atoms with Gasteiger partial charge < -0.3 is 24.9 Å². The molecule has 1 amide bonds. The van der Waals surface area contributed by atoms with Crippen molar-refractivity contribution < 1.29 is 10.0 Å². The molecule has 0 radical (unpaired) electrons. The molecule has 1 saturated heterocycles. The Kier molecular flexibility index (Phi) is 4.18. The van der Waals surface area contributed by atoms with Gasteiger partial charge in [-0.15, -0.1) is 0 Å². The molecule has 2 aromatic heterocycles. The highest BCUT2D eigenvalue weighted by atomic mass is 16.8. The summed E-state index contributed by atoms with van der Waals surface area (Å²) < 4.78 is 1.58. The Hall–Kier alpha value is -3.10. The van der Waals surface area contributed by atoms with Crippen LogP contribution in [0.3, 0.4) is 0 Å². The summed E-state index contributed by atoms with van der Waals surface area (Å²) in [6, 6.07) is 11.0. The third kappa shape index (κ3) is 3.01. The van der Waals surface area contributed by atoms with Crippen molar-refractivity contribution in [3.05, 3.63) is 69.4 Å². The first kappa shape index (κ1) is 18.0. The van der Waals surface area contributed by atoms with E-state index < -0.39 is 5.56 Å². The number of anilines is 1. The second-order valence-corrected chi connectivity index (χ2v) is 7.97. The van der Waals surface area contributed by atoms with Gasteiger partial charge in [-0.1, -0.05) is 18.2 Å². The van der Waals surface area contributed by atoms with Crippen LogP contribution >= 0.6 is 0 Å². The summed E-state index contributed by atoms with van der Waals surface area (Å²) in [5.41, 5.74) is 2.07.